The maximum Gasteiger partial charge on any atom is 0.338 e. The molecule has 3 rings (SSSR count). The Morgan fingerprint density at radius 2 is 1.88 bits per heavy atom. The van der Waals surface area contributed by atoms with Crippen LogP contribution in [0, 0.1) is 0 Å². The number of aromatic nitrogens is 3. The minimum absolute atomic E-state index is 0.158. The van der Waals surface area contributed by atoms with Crippen LogP contribution in [-0.2, 0) is 16.1 Å². The molecule has 168 valence electrons. The molecule has 0 aliphatic heterocycles. The van der Waals surface area contributed by atoms with E-state index in [2.05, 4.69) is 15.5 Å². The third kappa shape index (κ3) is 5.88. The Labute approximate surface area is 191 Å². The summed E-state index contributed by atoms with van der Waals surface area (Å²) in [5.74, 6) is 1.05. The van der Waals surface area contributed by atoms with Gasteiger partial charge in [-0.05, 0) is 55.8 Å². The molecule has 1 amide bonds. The summed E-state index contributed by atoms with van der Waals surface area (Å²) in [5, 5.41) is 12.0. The normalized spacial score (nSPS) is 10.6. The smallest absolute Gasteiger partial charge is 0.338 e. The van der Waals surface area contributed by atoms with Gasteiger partial charge in [0.05, 0.1) is 25.0 Å². The Morgan fingerprint density at radius 1 is 1.09 bits per heavy atom. The molecule has 0 fully saturated rings. The average molecular weight is 455 g/mol. The summed E-state index contributed by atoms with van der Waals surface area (Å²) >= 11 is 1.30. The van der Waals surface area contributed by atoms with Crippen LogP contribution in [0.2, 0.25) is 0 Å². The number of ether oxygens (including phenoxy) is 2. The largest absolute Gasteiger partial charge is 0.497 e. The maximum atomic E-state index is 12.5. The Hall–Kier alpha value is -3.33. The standard InChI is InChI=1S/C23H26N4O4S/c1-4-13-31-22(29)17-7-6-8-18(14-17)24-20(28)15-32-23-26-25-21(27(23)5-2)16-9-11-19(30-3)12-10-16/h6-12,14H,4-5,13,15H2,1-3H3,(H,24,28). The van der Waals surface area contributed by atoms with E-state index in [1.165, 1.54) is 11.8 Å². The molecule has 0 saturated heterocycles. The first-order valence-corrected chi connectivity index (χ1v) is 11.3. The van der Waals surface area contributed by atoms with Crippen molar-refractivity contribution in [3.63, 3.8) is 0 Å². The Morgan fingerprint density at radius 3 is 2.56 bits per heavy atom. The summed E-state index contributed by atoms with van der Waals surface area (Å²) in [6.45, 7) is 4.97. The number of hydrogen-bond donors (Lipinski definition) is 1. The van der Waals surface area contributed by atoms with Gasteiger partial charge in [-0.3, -0.25) is 4.79 Å². The van der Waals surface area contributed by atoms with Crippen LogP contribution >= 0.6 is 11.8 Å². The lowest BCUT2D eigenvalue weighted by molar-refractivity contribution is -0.113. The Bertz CT molecular complexity index is 1070. The molecule has 0 spiro atoms. The third-order valence-electron chi connectivity index (χ3n) is 4.53. The van der Waals surface area contributed by atoms with Crippen molar-refractivity contribution in [3.8, 4) is 17.1 Å². The number of methoxy groups -OCH3 is 1. The first-order valence-electron chi connectivity index (χ1n) is 10.3. The summed E-state index contributed by atoms with van der Waals surface area (Å²) in [7, 11) is 1.62. The van der Waals surface area contributed by atoms with Gasteiger partial charge in [0.1, 0.15) is 5.75 Å². The lowest BCUT2D eigenvalue weighted by Crippen LogP contribution is -2.15. The van der Waals surface area contributed by atoms with Gasteiger partial charge >= 0.3 is 5.97 Å². The van der Waals surface area contributed by atoms with Gasteiger partial charge in [-0.15, -0.1) is 10.2 Å². The molecule has 0 bridgehead atoms. The van der Waals surface area contributed by atoms with Gasteiger partial charge in [-0.1, -0.05) is 24.8 Å². The number of thioether (sulfide) groups is 1. The van der Waals surface area contributed by atoms with Crippen molar-refractivity contribution >= 4 is 29.3 Å². The zero-order valence-electron chi connectivity index (χ0n) is 18.3. The summed E-state index contributed by atoms with van der Waals surface area (Å²) in [4.78, 5) is 24.5. The second-order valence-corrected chi connectivity index (χ2v) is 7.78. The average Bonchev–Trinajstić information content (AvgIpc) is 3.24. The van der Waals surface area contributed by atoms with Gasteiger partial charge in [0.15, 0.2) is 11.0 Å². The second-order valence-electron chi connectivity index (χ2n) is 6.83. The van der Waals surface area contributed by atoms with Crippen LogP contribution in [0.5, 0.6) is 5.75 Å². The van der Waals surface area contributed by atoms with Gasteiger partial charge in [0, 0.05) is 17.8 Å². The Balaban J connectivity index is 1.63. The van der Waals surface area contributed by atoms with E-state index in [4.69, 9.17) is 9.47 Å². The number of nitrogens with zero attached hydrogens (tertiary/aromatic N) is 3. The lowest BCUT2D eigenvalue weighted by Gasteiger charge is -2.09. The molecule has 9 heteroatoms. The van der Waals surface area contributed by atoms with Crippen LogP contribution in [0.25, 0.3) is 11.4 Å². The van der Waals surface area contributed by atoms with E-state index < -0.39 is 5.97 Å². The maximum absolute atomic E-state index is 12.5. The molecule has 32 heavy (non-hydrogen) atoms. The van der Waals surface area contributed by atoms with Crippen LogP contribution in [-0.4, -0.2) is 46.1 Å². The number of amides is 1. The number of benzene rings is 2. The summed E-state index contributed by atoms with van der Waals surface area (Å²) < 4.78 is 12.3. The number of nitrogens with one attached hydrogen (secondary N) is 1. The topological polar surface area (TPSA) is 95.3 Å². The predicted molar refractivity (Wildman–Crippen MR) is 124 cm³/mol. The number of rotatable bonds is 10. The fourth-order valence-corrected chi connectivity index (χ4v) is 3.77. The van der Waals surface area contributed by atoms with E-state index in [1.807, 2.05) is 42.7 Å². The van der Waals surface area contributed by atoms with Crippen molar-refractivity contribution in [2.24, 2.45) is 0 Å². The number of carbonyl (C=O) groups excluding carboxylic acids is 2. The van der Waals surface area contributed by atoms with E-state index in [-0.39, 0.29) is 11.7 Å². The van der Waals surface area contributed by atoms with Crippen molar-refractivity contribution in [2.45, 2.75) is 32.0 Å². The number of hydrogen-bond acceptors (Lipinski definition) is 7. The van der Waals surface area contributed by atoms with Crippen LogP contribution < -0.4 is 10.1 Å². The predicted octanol–water partition coefficient (Wildman–Crippen LogP) is 4.27. The number of carbonyl (C=O) groups is 2. The second kappa shape index (κ2) is 11.3. The first kappa shape index (κ1) is 23.3. The number of anilines is 1. The van der Waals surface area contributed by atoms with E-state index >= 15 is 0 Å². The first-order chi connectivity index (χ1) is 15.5. The van der Waals surface area contributed by atoms with Crippen LogP contribution in [0.1, 0.15) is 30.6 Å². The van der Waals surface area contributed by atoms with Gasteiger partial charge in [0.25, 0.3) is 0 Å². The molecule has 1 heterocycles. The summed E-state index contributed by atoms with van der Waals surface area (Å²) in [5.41, 5.74) is 1.86. The van der Waals surface area contributed by atoms with Crippen LogP contribution in [0.15, 0.2) is 53.7 Å². The highest BCUT2D eigenvalue weighted by Gasteiger charge is 2.15. The molecule has 3 aromatic rings. The van der Waals surface area contributed by atoms with Gasteiger partial charge in [0.2, 0.25) is 5.91 Å². The summed E-state index contributed by atoms with van der Waals surface area (Å²) in [6.07, 6.45) is 0.752. The molecule has 8 nitrogen and oxygen atoms in total. The molecular weight excluding hydrogens is 428 g/mol. The van der Waals surface area contributed by atoms with Crippen molar-refractivity contribution in [3.05, 3.63) is 54.1 Å². The quantitative estimate of drug-likeness (QED) is 0.361. The molecule has 1 aromatic heterocycles. The van der Waals surface area contributed by atoms with Crippen molar-refractivity contribution in [1.29, 1.82) is 0 Å². The molecule has 0 aliphatic rings. The van der Waals surface area contributed by atoms with E-state index in [9.17, 15) is 9.59 Å². The zero-order chi connectivity index (χ0) is 22.9. The molecule has 0 radical (unpaired) electrons. The molecule has 0 saturated carbocycles. The zero-order valence-corrected chi connectivity index (χ0v) is 19.1. The van der Waals surface area contributed by atoms with Gasteiger partial charge in [-0.2, -0.15) is 0 Å². The number of esters is 1. The minimum atomic E-state index is -0.403. The Kier molecular flexibility index (Phi) is 8.27. The van der Waals surface area contributed by atoms with Gasteiger partial charge < -0.3 is 19.4 Å². The van der Waals surface area contributed by atoms with Crippen LogP contribution in [0.3, 0.4) is 0 Å². The van der Waals surface area contributed by atoms with E-state index in [0.717, 1.165) is 23.6 Å². The van der Waals surface area contributed by atoms with E-state index in [1.54, 1.807) is 31.4 Å². The minimum Gasteiger partial charge on any atom is -0.497 e. The highest BCUT2D eigenvalue weighted by atomic mass is 32.2. The monoisotopic (exact) mass is 454 g/mol. The highest BCUT2D eigenvalue weighted by molar-refractivity contribution is 7.99. The third-order valence-corrected chi connectivity index (χ3v) is 5.50. The highest BCUT2D eigenvalue weighted by Crippen LogP contribution is 2.25. The fourth-order valence-electron chi connectivity index (χ4n) is 2.96. The SMILES string of the molecule is CCCOC(=O)c1cccc(NC(=O)CSc2nnc(-c3ccc(OC)cc3)n2CC)c1. The lowest BCUT2D eigenvalue weighted by atomic mass is 10.2. The fraction of sp³-hybridized carbons (Fsp3) is 0.304. The molecule has 1 N–H and O–H groups in total. The molecule has 0 aliphatic carbocycles. The van der Waals surface area contributed by atoms with Crippen LogP contribution in [0.4, 0.5) is 5.69 Å². The van der Waals surface area contributed by atoms with Crippen molar-refractivity contribution in [2.75, 3.05) is 24.8 Å². The molecular formula is C23H26N4O4S. The van der Waals surface area contributed by atoms with Crippen molar-refractivity contribution < 1.29 is 19.1 Å². The molecule has 0 atom stereocenters. The molecule has 0 unspecified atom stereocenters. The van der Waals surface area contributed by atoms with Gasteiger partial charge in [-0.25, -0.2) is 4.79 Å². The summed E-state index contributed by atoms with van der Waals surface area (Å²) in [6, 6.07) is 14.3. The van der Waals surface area contributed by atoms with Crippen molar-refractivity contribution in [1.82, 2.24) is 14.8 Å². The molecule has 2 aromatic carbocycles. The van der Waals surface area contributed by atoms with E-state index in [0.29, 0.717) is 29.6 Å².